The molecule has 0 saturated carbocycles. The first-order valence-corrected chi connectivity index (χ1v) is 2.31. The number of aldehydes is 1. The third-order valence-electron chi connectivity index (χ3n) is 0.708. The summed E-state index contributed by atoms with van der Waals surface area (Å²) in [7, 11) is 0. The normalized spacial score (nSPS) is 8.00. The monoisotopic (exact) mass is 111 g/mol. The van der Waals surface area contributed by atoms with E-state index in [1.165, 1.54) is 0 Å². The van der Waals surface area contributed by atoms with Gasteiger partial charge in [0.15, 0.2) is 0 Å². The van der Waals surface area contributed by atoms with Crippen LogP contribution in [0, 0.1) is 0 Å². The molecule has 2 nitrogen and oxygen atoms in total. The molecule has 0 bridgehead atoms. The molecule has 0 aliphatic carbocycles. The molecule has 0 aliphatic heterocycles. The predicted octanol–water partition coefficient (Wildman–Crippen LogP) is 0.631. The van der Waals surface area contributed by atoms with E-state index in [0.717, 1.165) is 6.29 Å². The molecule has 0 amide bonds. The van der Waals surface area contributed by atoms with Crippen LogP contribution in [0.5, 0.6) is 0 Å². The Morgan fingerprint density at radius 2 is 2.38 bits per heavy atom. The number of hydrogen-bond donors (Lipinski definition) is 0. The lowest BCUT2D eigenvalue weighted by Crippen LogP contribution is -1.82. The van der Waals surface area contributed by atoms with E-state index in [1.54, 1.807) is 6.29 Å². The van der Waals surface area contributed by atoms with Crippen LogP contribution in [0.1, 0.15) is 12.8 Å². The smallest absolute Gasteiger partial charge is 0.228 e. The largest absolute Gasteiger partial charge is 0.303 e. The van der Waals surface area contributed by atoms with E-state index in [1.807, 2.05) is 0 Å². The third kappa shape index (κ3) is 3.28. The summed E-state index contributed by atoms with van der Waals surface area (Å²) in [6, 6.07) is 0. The lowest BCUT2D eigenvalue weighted by atomic mass is 10.2. The summed E-state index contributed by atoms with van der Waals surface area (Å²) in [4.78, 5) is 19.3. The van der Waals surface area contributed by atoms with E-state index < -0.39 is 0 Å². The minimum absolute atomic E-state index is 0.358. The van der Waals surface area contributed by atoms with Crippen LogP contribution >= 0.6 is 0 Å². The first-order chi connectivity index (χ1) is 3.81. The summed E-state index contributed by atoms with van der Waals surface area (Å²) in [5, 5.41) is 0. The van der Waals surface area contributed by atoms with Crippen molar-refractivity contribution in [3.63, 3.8) is 0 Å². The third-order valence-corrected chi connectivity index (χ3v) is 0.708. The highest BCUT2D eigenvalue weighted by molar-refractivity contribution is 5.73. The molecule has 0 aliphatic rings. The number of hydrogen-bond acceptors (Lipinski definition) is 2. The Bertz CT molecular complexity index is 105. The zero-order chi connectivity index (χ0) is 6.41. The Kier molecular flexibility index (Phi) is 3.76. The fourth-order valence-corrected chi connectivity index (χ4v) is 0.284. The van der Waals surface area contributed by atoms with Crippen molar-refractivity contribution in [1.82, 2.24) is 0 Å². The zero-order valence-corrected chi connectivity index (χ0v) is 4.52. The molecule has 43 valence electrons. The first kappa shape index (κ1) is 7.08. The maximum atomic E-state index is 9.67. The van der Waals surface area contributed by atoms with Crippen LogP contribution < -0.4 is 0 Å². The molecule has 0 atom stereocenters. The second-order valence-electron chi connectivity index (χ2n) is 1.41. The van der Waals surface area contributed by atoms with Gasteiger partial charge in [0, 0.05) is 6.42 Å². The van der Waals surface area contributed by atoms with Gasteiger partial charge in [0.2, 0.25) is 6.29 Å². The molecule has 0 spiro atoms. The second-order valence-corrected chi connectivity index (χ2v) is 1.41. The predicted molar refractivity (Wildman–Crippen MR) is 30.1 cm³/mol. The molecule has 2 heteroatoms. The van der Waals surface area contributed by atoms with Crippen LogP contribution in [-0.4, -0.2) is 12.6 Å². The van der Waals surface area contributed by atoms with Gasteiger partial charge in [-0.3, -0.25) is 4.79 Å². The van der Waals surface area contributed by atoms with Crippen molar-refractivity contribution in [2.75, 3.05) is 0 Å². The Morgan fingerprint density at radius 3 is 2.75 bits per heavy atom. The van der Waals surface area contributed by atoms with Crippen LogP contribution in [-0.2, 0) is 9.59 Å². The summed E-state index contributed by atoms with van der Waals surface area (Å²) in [5.74, 6) is 0. The lowest BCUT2D eigenvalue weighted by Gasteiger charge is -1.84. The minimum Gasteiger partial charge on any atom is -0.303 e. The van der Waals surface area contributed by atoms with Crippen molar-refractivity contribution in [3.05, 3.63) is 12.2 Å². The highest BCUT2D eigenvalue weighted by Crippen LogP contribution is 1.94. The molecule has 0 fully saturated rings. The highest BCUT2D eigenvalue weighted by Gasteiger charge is 1.88. The van der Waals surface area contributed by atoms with Gasteiger partial charge < -0.3 is 4.79 Å². The lowest BCUT2D eigenvalue weighted by molar-refractivity contribution is -0.107. The second kappa shape index (κ2) is 4.24. The summed E-state index contributed by atoms with van der Waals surface area (Å²) in [5.41, 5.74) is 0.358. The molecular weight excluding hydrogens is 104 g/mol. The fourth-order valence-electron chi connectivity index (χ4n) is 0.284. The Hall–Kier alpha value is -0.920. The molecule has 0 rings (SSSR count). The zero-order valence-electron chi connectivity index (χ0n) is 4.52. The SMILES string of the molecule is C=C([C]=O)CCC=O. The van der Waals surface area contributed by atoms with E-state index >= 15 is 0 Å². The van der Waals surface area contributed by atoms with Gasteiger partial charge in [-0.15, -0.1) is 0 Å². The molecule has 1 radical (unpaired) electrons. The summed E-state index contributed by atoms with van der Waals surface area (Å²) in [6.07, 6.45) is 3.16. The Labute approximate surface area is 48.2 Å². The van der Waals surface area contributed by atoms with Crippen LogP contribution in [0.25, 0.3) is 0 Å². The van der Waals surface area contributed by atoms with Crippen molar-refractivity contribution >= 4 is 12.6 Å². The number of rotatable bonds is 4. The standard InChI is InChI=1S/C6H7O2/c1-6(5-8)3-2-4-7/h4H,1-3H2. The summed E-state index contributed by atoms with van der Waals surface area (Å²) < 4.78 is 0. The van der Waals surface area contributed by atoms with Gasteiger partial charge in [0.1, 0.15) is 6.29 Å². The molecule has 0 saturated heterocycles. The highest BCUT2D eigenvalue weighted by atomic mass is 16.1. The van der Waals surface area contributed by atoms with Gasteiger partial charge in [0.05, 0.1) is 0 Å². The minimum atomic E-state index is 0.358. The van der Waals surface area contributed by atoms with Gasteiger partial charge in [-0.1, -0.05) is 6.58 Å². The van der Waals surface area contributed by atoms with Gasteiger partial charge in [-0.2, -0.15) is 0 Å². The van der Waals surface area contributed by atoms with Crippen molar-refractivity contribution in [2.45, 2.75) is 12.8 Å². The van der Waals surface area contributed by atoms with E-state index in [-0.39, 0.29) is 0 Å². The van der Waals surface area contributed by atoms with Gasteiger partial charge in [-0.05, 0) is 12.0 Å². The molecule has 0 N–H and O–H groups in total. The average molecular weight is 111 g/mol. The molecular formula is C6H7O2. The van der Waals surface area contributed by atoms with Crippen LogP contribution in [0.2, 0.25) is 0 Å². The Morgan fingerprint density at radius 1 is 1.75 bits per heavy atom. The van der Waals surface area contributed by atoms with Crippen LogP contribution in [0.3, 0.4) is 0 Å². The van der Waals surface area contributed by atoms with E-state index in [9.17, 15) is 9.59 Å². The van der Waals surface area contributed by atoms with E-state index in [0.29, 0.717) is 18.4 Å². The number of carbonyl (C=O) groups is 1. The number of allylic oxidation sites excluding steroid dienone is 1. The fraction of sp³-hybridized carbons (Fsp3) is 0.333. The molecule has 0 heterocycles. The van der Waals surface area contributed by atoms with Crippen LogP contribution in [0.4, 0.5) is 0 Å². The molecule has 0 aromatic carbocycles. The van der Waals surface area contributed by atoms with E-state index in [4.69, 9.17) is 0 Å². The molecule has 8 heavy (non-hydrogen) atoms. The van der Waals surface area contributed by atoms with Crippen molar-refractivity contribution < 1.29 is 9.59 Å². The van der Waals surface area contributed by atoms with Crippen molar-refractivity contribution in [3.8, 4) is 0 Å². The molecule has 0 aromatic heterocycles. The first-order valence-electron chi connectivity index (χ1n) is 2.31. The molecule has 0 unspecified atom stereocenters. The van der Waals surface area contributed by atoms with E-state index in [2.05, 4.69) is 6.58 Å². The summed E-state index contributed by atoms with van der Waals surface area (Å²) >= 11 is 0. The maximum Gasteiger partial charge on any atom is 0.228 e. The quantitative estimate of drug-likeness (QED) is 0.394. The van der Waals surface area contributed by atoms with Gasteiger partial charge in [-0.25, -0.2) is 0 Å². The van der Waals surface area contributed by atoms with Gasteiger partial charge in [0.25, 0.3) is 0 Å². The number of carbonyl (C=O) groups excluding carboxylic acids is 2. The average Bonchev–Trinajstić information content (AvgIpc) is 1.83. The maximum absolute atomic E-state index is 9.67. The summed E-state index contributed by atoms with van der Waals surface area (Å²) in [6.45, 7) is 3.33. The van der Waals surface area contributed by atoms with Gasteiger partial charge >= 0.3 is 0 Å². The topological polar surface area (TPSA) is 34.1 Å². The van der Waals surface area contributed by atoms with Crippen LogP contribution in [0.15, 0.2) is 12.2 Å². The van der Waals surface area contributed by atoms with Crippen molar-refractivity contribution in [2.24, 2.45) is 0 Å². The molecule has 0 aromatic rings. The Balaban J connectivity index is 3.24. The van der Waals surface area contributed by atoms with Crippen molar-refractivity contribution in [1.29, 1.82) is 0 Å².